The number of benzene rings is 1. The van der Waals surface area contributed by atoms with Crippen molar-refractivity contribution in [2.24, 2.45) is 0 Å². The van der Waals surface area contributed by atoms with Crippen LogP contribution in [0.4, 0.5) is 5.82 Å². The Morgan fingerprint density at radius 3 is 3.15 bits per heavy atom. The van der Waals surface area contributed by atoms with Crippen molar-refractivity contribution in [3.05, 3.63) is 59.2 Å². The highest BCUT2D eigenvalue weighted by atomic mass is 32.2. The molecule has 1 aromatic carbocycles. The maximum absolute atomic E-state index is 12.9. The molecule has 0 radical (unpaired) electrons. The molecule has 2 N–H and O–H groups in total. The molecule has 1 unspecified atom stereocenters. The lowest BCUT2D eigenvalue weighted by atomic mass is 10.1. The number of fused-ring (bicyclic) bond motifs is 2. The van der Waals surface area contributed by atoms with Gasteiger partial charge in [0.1, 0.15) is 11.8 Å². The van der Waals surface area contributed by atoms with Crippen molar-refractivity contribution in [1.29, 1.82) is 0 Å². The number of nitrogens with zero attached hydrogens (tertiary/aromatic N) is 4. The van der Waals surface area contributed by atoms with Crippen LogP contribution >= 0.6 is 11.8 Å². The van der Waals surface area contributed by atoms with Gasteiger partial charge in [0, 0.05) is 18.5 Å². The number of carbonyl (C=O) groups is 1. The SMILES string of the molecule is O=C(NC1CCc2ccccc21)C1=CN(c2ncnc3nc[nH]c23)CCS1. The smallest absolute Gasteiger partial charge is 0.259 e. The molecule has 3 aromatic rings. The van der Waals surface area contributed by atoms with Gasteiger partial charge in [-0.1, -0.05) is 24.3 Å². The molecule has 5 rings (SSSR count). The minimum Gasteiger partial charge on any atom is -0.345 e. The molecule has 7 nitrogen and oxygen atoms in total. The van der Waals surface area contributed by atoms with E-state index in [0.29, 0.717) is 10.6 Å². The van der Waals surface area contributed by atoms with E-state index in [0.717, 1.165) is 36.5 Å². The molecule has 8 heteroatoms. The molecule has 0 saturated heterocycles. The van der Waals surface area contributed by atoms with Gasteiger partial charge in [-0.2, -0.15) is 0 Å². The highest BCUT2D eigenvalue weighted by Crippen LogP contribution is 2.33. The minimum absolute atomic E-state index is 0.0266. The lowest BCUT2D eigenvalue weighted by Crippen LogP contribution is -2.32. The van der Waals surface area contributed by atoms with Gasteiger partial charge in [-0.25, -0.2) is 15.0 Å². The van der Waals surface area contributed by atoms with Gasteiger partial charge >= 0.3 is 0 Å². The Labute approximate surface area is 160 Å². The Balaban J connectivity index is 1.39. The summed E-state index contributed by atoms with van der Waals surface area (Å²) in [6.45, 7) is 0.777. The molecule has 136 valence electrons. The summed E-state index contributed by atoms with van der Waals surface area (Å²) in [5, 5.41) is 3.20. The number of hydrogen-bond donors (Lipinski definition) is 2. The van der Waals surface area contributed by atoms with Crippen molar-refractivity contribution in [1.82, 2.24) is 25.3 Å². The minimum atomic E-state index is -0.0266. The fraction of sp³-hybridized carbons (Fsp3) is 0.263. The number of hydrogen-bond acceptors (Lipinski definition) is 6. The van der Waals surface area contributed by atoms with Gasteiger partial charge in [0.05, 0.1) is 17.3 Å². The van der Waals surface area contributed by atoms with E-state index in [-0.39, 0.29) is 11.9 Å². The van der Waals surface area contributed by atoms with E-state index in [4.69, 9.17) is 0 Å². The van der Waals surface area contributed by atoms with Gasteiger partial charge in [0.2, 0.25) is 0 Å². The second-order valence-electron chi connectivity index (χ2n) is 6.60. The number of thioether (sulfide) groups is 1. The first-order valence-corrected chi connectivity index (χ1v) is 9.92. The summed E-state index contributed by atoms with van der Waals surface area (Å²) >= 11 is 1.58. The van der Waals surface area contributed by atoms with Crippen molar-refractivity contribution in [3.63, 3.8) is 0 Å². The number of aromatic amines is 1. The summed E-state index contributed by atoms with van der Waals surface area (Å²) in [6, 6.07) is 8.42. The third-order valence-electron chi connectivity index (χ3n) is 5.00. The number of rotatable bonds is 3. The zero-order valence-electron chi connectivity index (χ0n) is 14.6. The zero-order valence-corrected chi connectivity index (χ0v) is 15.4. The molecule has 0 bridgehead atoms. The Kier molecular flexibility index (Phi) is 4.05. The molecule has 0 fully saturated rings. The largest absolute Gasteiger partial charge is 0.345 e. The van der Waals surface area contributed by atoms with E-state index in [1.54, 1.807) is 18.1 Å². The fourth-order valence-corrected chi connectivity index (χ4v) is 4.59. The number of imidazole rings is 1. The lowest BCUT2D eigenvalue weighted by molar-refractivity contribution is -0.117. The van der Waals surface area contributed by atoms with Crippen LogP contribution in [0.1, 0.15) is 23.6 Å². The summed E-state index contributed by atoms with van der Waals surface area (Å²) < 4.78 is 0. The van der Waals surface area contributed by atoms with Crippen LogP contribution in [-0.4, -0.2) is 38.1 Å². The fourth-order valence-electron chi connectivity index (χ4n) is 3.70. The van der Waals surface area contributed by atoms with E-state index in [9.17, 15) is 4.79 Å². The first kappa shape index (κ1) is 16.3. The van der Waals surface area contributed by atoms with E-state index >= 15 is 0 Å². The molecule has 0 spiro atoms. The molecule has 1 aliphatic heterocycles. The average molecular weight is 378 g/mol. The zero-order chi connectivity index (χ0) is 18.2. The van der Waals surface area contributed by atoms with Gasteiger partial charge < -0.3 is 15.2 Å². The van der Waals surface area contributed by atoms with Gasteiger partial charge in [-0.15, -0.1) is 11.8 Å². The van der Waals surface area contributed by atoms with E-state index < -0.39 is 0 Å². The molecule has 0 saturated carbocycles. The van der Waals surface area contributed by atoms with Gasteiger partial charge in [0.25, 0.3) is 5.91 Å². The van der Waals surface area contributed by atoms with E-state index in [1.807, 2.05) is 17.2 Å². The van der Waals surface area contributed by atoms with Gasteiger partial charge in [-0.05, 0) is 24.0 Å². The summed E-state index contributed by atoms with van der Waals surface area (Å²) in [5.41, 5.74) is 3.97. The third-order valence-corrected chi connectivity index (χ3v) is 5.99. The predicted molar refractivity (Wildman–Crippen MR) is 105 cm³/mol. The van der Waals surface area contributed by atoms with Crippen LogP contribution in [-0.2, 0) is 11.2 Å². The summed E-state index contributed by atoms with van der Waals surface area (Å²) in [4.78, 5) is 31.4. The van der Waals surface area contributed by atoms with Crippen LogP contribution < -0.4 is 10.2 Å². The normalized spacial score (nSPS) is 19.0. The molecular weight excluding hydrogens is 360 g/mol. The molecule has 2 aliphatic rings. The first-order valence-electron chi connectivity index (χ1n) is 8.93. The van der Waals surface area contributed by atoms with Crippen LogP contribution in [0.5, 0.6) is 0 Å². The Hall–Kier alpha value is -2.87. The maximum Gasteiger partial charge on any atom is 0.259 e. The Morgan fingerprint density at radius 1 is 1.26 bits per heavy atom. The van der Waals surface area contributed by atoms with Crippen LogP contribution in [0.25, 0.3) is 11.2 Å². The monoisotopic (exact) mass is 378 g/mol. The second-order valence-corrected chi connectivity index (χ2v) is 7.73. The quantitative estimate of drug-likeness (QED) is 0.728. The van der Waals surface area contributed by atoms with Crippen LogP contribution in [0.15, 0.2) is 48.0 Å². The van der Waals surface area contributed by atoms with Crippen molar-refractivity contribution in [2.75, 3.05) is 17.2 Å². The highest BCUT2D eigenvalue weighted by molar-refractivity contribution is 8.04. The van der Waals surface area contributed by atoms with Crippen molar-refractivity contribution < 1.29 is 4.79 Å². The number of H-pyrrole nitrogens is 1. The van der Waals surface area contributed by atoms with Crippen LogP contribution in [0.3, 0.4) is 0 Å². The van der Waals surface area contributed by atoms with Gasteiger partial charge in [0.15, 0.2) is 11.5 Å². The summed E-state index contributed by atoms with van der Waals surface area (Å²) in [6.07, 6.45) is 6.96. The van der Waals surface area contributed by atoms with Crippen molar-refractivity contribution in [3.8, 4) is 0 Å². The third kappa shape index (κ3) is 2.95. The van der Waals surface area contributed by atoms with E-state index in [1.165, 1.54) is 17.5 Å². The number of aromatic nitrogens is 4. The van der Waals surface area contributed by atoms with Crippen LogP contribution in [0, 0.1) is 0 Å². The van der Waals surface area contributed by atoms with E-state index in [2.05, 4.69) is 43.5 Å². The highest BCUT2D eigenvalue weighted by Gasteiger charge is 2.26. The number of nitrogens with one attached hydrogen (secondary N) is 2. The molecule has 1 amide bonds. The standard InChI is InChI=1S/C19H18N6OS/c26-19(24-14-6-5-12-3-1-2-4-13(12)14)15-9-25(7-8-27-15)18-16-17(21-10-20-16)22-11-23-18/h1-4,9-11,14H,5-8H2,(H,24,26)(H,20,21,22,23). The summed E-state index contributed by atoms with van der Waals surface area (Å²) in [7, 11) is 0. The first-order chi connectivity index (χ1) is 13.3. The van der Waals surface area contributed by atoms with Crippen LogP contribution in [0.2, 0.25) is 0 Å². The topological polar surface area (TPSA) is 86.8 Å². The Morgan fingerprint density at radius 2 is 2.19 bits per heavy atom. The number of aryl methyl sites for hydroxylation is 1. The summed E-state index contributed by atoms with van der Waals surface area (Å²) in [5.74, 6) is 1.54. The predicted octanol–water partition coefficient (Wildman–Crippen LogP) is 2.55. The van der Waals surface area contributed by atoms with Crippen molar-refractivity contribution >= 4 is 34.7 Å². The molecule has 27 heavy (non-hydrogen) atoms. The Bertz CT molecular complexity index is 1050. The second kappa shape index (κ2) is 6.70. The molecule has 1 atom stereocenters. The molecule has 2 aromatic heterocycles. The molecule has 1 aliphatic carbocycles. The molecular formula is C19H18N6OS. The molecule has 3 heterocycles. The van der Waals surface area contributed by atoms with Crippen molar-refractivity contribution in [2.45, 2.75) is 18.9 Å². The van der Waals surface area contributed by atoms with Gasteiger partial charge in [-0.3, -0.25) is 4.79 Å². The number of anilines is 1. The number of carbonyl (C=O) groups excluding carboxylic acids is 1. The maximum atomic E-state index is 12.9. The number of amides is 1. The lowest BCUT2D eigenvalue weighted by Gasteiger charge is -2.26. The average Bonchev–Trinajstić information content (AvgIpc) is 3.35.